The van der Waals surface area contributed by atoms with Gasteiger partial charge in [0.25, 0.3) is 11.5 Å². The number of hydrogen-bond donors (Lipinski definition) is 2. The number of carbonyl (C=O) groups excluding carboxylic acids is 2. The Labute approximate surface area is 132 Å². The highest BCUT2D eigenvalue weighted by Gasteiger charge is 2.24. The predicted molar refractivity (Wildman–Crippen MR) is 85.0 cm³/mol. The summed E-state index contributed by atoms with van der Waals surface area (Å²) in [4.78, 5) is 36.0. The third-order valence-electron chi connectivity index (χ3n) is 3.75. The monoisotopic (exact) mass is 318 g/mol. The summed E-state index contributed by atoms with van der Waals surface area (Å²) in [6.45, 7) is 2.83. The molecule has 2 rings (SSSR count). The fourth-order valence-electron chi connectivity index (χ4n) is 2.30. The van der Waals surface area contributed by atoms with Crippen molar-refractivity contribution < 1.29 is 19.4 Å². The Morgan fingerprint density at radius 3 is 2.57 bits per heavy atom. The molecule has 23 heavy (non-hydrogen) atoms. The van der Waals surface area contributed by atoms with E-state index in [2.05, 4.69) is 5.32 Å². The average Bonchev–Trinajstić information content (AvgIpc) is 2.51. The Bertz CT molecular complexity index is 854. The summed E-state index contributed by atoms with van der Waals surface area (Å²) in [7, 11) is 2.93. The second-order valence-corrected chi connectivity index (χ2v) is 5.25. The van der Waals surface area contributed by atoms with Crippen molar-refractivity contribution in [3.8, 4) is 11.5 Å². The van der Waals surface area contributed by atoms with Gasteiger partial charge in [0.1, 0.15) is 17.1 Å². The highest BCUT2D eigenvalue weighted by Crippen LogP contribution is 2.31. The molecule has 2 N–H and O–H groups in total. The summed E-state index contributed by atoms with van der Waals surface area (Å²) < 4.78 is 6.44. The molecule has 1 atom stereocenters. The maximum atomic E-state index is 12.5. The predicted octanol–water partition coefficient (Wildman–Crippen LogP) is 0.960. The highest BCUT2D eigenvalue weighted by molar-refractivity contribution is 6.04. The zero-order valence-corrected chi connectivity index (χ0v) is 13.3. The number of para-hydroxylation sites is 1. The van der Waals surface area contributed by atoms with Crippen molar-refractivity contribution >= 4 is 22.6 Å². The van der Waals surface area contributed by atoms with Crippen LogP contribution < -0.4 is 15.6 Å². The first kappa shape index (κ1) is 16.5. The van der Waals surface area contributed by atoms with Crippen molar-refractivity contribution in [2.45, 2.75) is 19.9 Å². The number of rotatable bonds is 4. The number of ether oxygens (including phenoxy) is 1. The molecule has 7 heteroatoms. The summed E-state index contributed by atoms with van der Waals surface area (Å²) in [5, 5.41) is 13.1. The quantitative estimate of drug-likeness (QED) is 0.875. The third-order valence-corrected chi connectivity index (χ3v) is 3.75. The zero-order valence-electron chi connectivity index (χ0n) is 13.3. The van der Waals surface area contributed by atoms with E-state index in [0.29, 0.717) is 16.7 Å². The number of aromatic nitrogens is 1. The molecule has 0 saturated heterocycles. The standard InChI is InChI=1S/C16H18N2O5/c1-8(9(2)19)17-15(21)12-14(20)10-6-5-7-11(23-4)13(10)18(3)16(12)22/h5-8,20H,1-4H3,(H,17,21)/t8-/m0/s1. The summed E-state index contributed by atoms with van der Waals surface area (Å²) >= 11 is 0. The van der Waals surface area contributed by atoms with Gasteiger partial charge in [0.05, 0.1) is 18.7 Å². The number of aryl methyl sites for hydroxylation is 1. The number of aromatic hydroxyl groups is 1. The van der Waals surface area contributed by atoms with Gasteiger partial charge in [-0.2, -0.15) is 0 Å². The molecule has 0 aliphatic carbocycles. The molecule has 0 saturated carbocycles. The lowest BCUT2D eigenvalue weighted by Gasteiger charge is -2.15. The maximum Gasteiger partial charge on any atom is 0.267 e. The molecular formula is C16H18N2O5. The molecule has 2 aromatic rings. The Hall–Kier alpha value is -2.83. The van der Waals surface area contributed by atoms with Gasteiger partial charge in [0, 0.05) is 12.4 Å². The van der Waals surface area contributed by atoms with Gasteiger partial charge in [-0.25, -0.2) is 0 Å². The van der Waals surface area contributed by atoms with E-state index in [-0.39, 0.29) is 5.78 Å². The lowest BCUT2D eigenvalue weighted by molar-refractivity contribution is -0.118. The summed E-state index contributed by atoms with van der Waals surface area (Å²) in [5.74, 6) is -1.08. The van der Waals surface area contributed by atoms with Gasteiger partial charge in [0.15, 0.2) is 5.78 Å². The number of benzene rings is 1. The van der Waals surface area contributed by atoms with E-state index < -0.39 is 28.8 Å². The summed E-state index contributed by atoms with van der Waals surface area (Å²) in [6, 6.07) is 4.12. The fraction of sp³-hybridized carbons (Fsp3) is 0.312. The smallest absolute Gasteiger partial charge is 0.267 e. The van der Waals surface area contributed by atoms with Crippen LogP contribution in [0.5, 0.6) is 11.5 Å². The number of methoxy groups -OCH3 is 1. The minimum Gasteiger partial charge on any atom is -0.506 e. The first-order valence-electron chi connectivity index (χ1n) is 6.99. The van der Waals surface area contributed by atoms with Gasteiger partial charge in [-0.15, -0.1) is 0 Å². The van der Waals surface area contributed by atoms with Crippen LogP contribution in [0.1, 0.15) is 24.2 Å². The molecule has 7 nitrogen and oxygen atoms in total. The van der Waals surface area contributed by atoms with Gasteiger partial charge in [-0.05, 0) is 26.0 Å². The van der Waals surface area contributed by atoms with Crippen LogP contribution in [-0.2, 0) is 11.8 Å². The Kier molecular flexibility index (Phi) is 4.40. The molecule has 0 fully saturated rings. The second-order valence-electron chi connectivity index (χ2n) is 5.25. The lowest BCUT2D eigenvalue weighted by Crippen LogP contribution is -2.40. The molecule has 0 bridgehead atoms. The number of amides is 1. The van der Waals surface area contributed by atoms with Gasteiger partial charge in [0.2, 0.25) is 0 Å². The molecule has 122 valence electrons. The SMILES string of the molecule is COc1cccc2c(O)c(C(=O)N[C@@H](C)C(C)=O)c(=O)n(C)c12. The van der Waals surface area contributed by atoms with Crippen molar-refractivity contribution in [2.24, 2.45) is 7.05 Å². The van der Waals surface area contributed by atoms with E-state index in [4.69, 9.17) is 4.74 Å². The van der Waals surface area contributed by atoms with E-state index in [1.54, 1.807) is 18.2 Å². The first-order chi connectivity index (χ1) is 10.8. The van der Waals surface area contributed by atoms with Gasteiger partial charge in [-0.3, -0.25) is 14.4 Å². The van der Waals surface area contributed by atoms with Crippen LogP contribution in [0.3, 0.4) is 0 Å². The maximum absolute atomic E-state index is 12.5. The normalized spacial score (nSPS) is 12.0. The van der Waals surface area contributed by atoms with Crippen LogP contribution in [0.25, 0.3) is 10.9 Å². The lowest BCUT2D eigenvalue weighted by atomic mass is 10.1. The van der Waals surface area contributed by atoms with Crippen LogP contribution in [0.4, 0.5) is 0 Å². The van der Waals surface area contributed by atoms with Crippen molar-refractivity contribution in [3.63, 3.8) is 0 Å². The molecule has 1 aromatic carbocycles. The zero-order chi connectivity index (χ0) is 17.3. The molecule has 0 aliphatic heterocycles. The van der Waals surface area contributed by atoms with E-state index in [1.807, 2.05) is 0 Å². The number of fused-ring (bicyclic) bond motifs is 1. The molecule has 0 radical (unpaired) electrons. The second kappa shape index (κ2) is 6.12. The van der Waals surface area contributed by atoms with Crippen molar-refractivity contribution in [1.29, 1.82) is 0 Å². The summed E-state index contributed by atoms with van der Waals surface area (Å²) in [6.07, 6.45) is 0. The highest BCUT2D eigenvalue weighted by atomic mass is 16.5. The molecule has 0 spiro atoms. The van der Waals surface area contributed by atoms with Gasteiger partial charge in [-0.1, -0.05) is 6.07 Å². The number of hydrogen-bond acceptors (Lipinski definition) is 5. The van der Waals surface area contributed by atoms with Gasteiger partial charge < -0.3 is 19.7 Å². The van der Waals surface area contributed by atoms with Crippen molar-refractivity contribution in [1.82, 2.24) is 9.88 Å². The Morgan fingerprint density at radius 1 is 1.35 bits per heavy atom. The molecular weight excluding hydrogens is 300 g/mol. The van der Waals surface area contributed by atoms with E-state index >= 15 is 0 Å². The van der Waals surface area contributed by atoms with Crippen LogP contribution in [0.15, 0.2) is 23.0 Å². The van der Waals surface area contributed by atoms with E-state index in [9.17, 15) is 19.5 Å². The number of carbonyl (C=O) groups is 2. The minimum atomic E-state index is -0.796. The number of ketones is 1. The molecule has 1 aromatic heterocycles. The third kappa shape index (κ3) is 2.77. The molecule has 0 aliphatic rings. The Balaban J connectivity index is 2.70. The van der Waals surface area contributed by atoms with Crippen LogP contribution in [-0.4, -0.2) is 34.5 Å². The number of Topliss-reactive ketones (excluding diaryl/α,β-unsaturated/α-hetero) is 1. The number of nitrogens with one attached hydrogen (secondary N) is 1. The topological polar surface area (TPSA) is 97.6 Å². The Morgan fingerprint density at radius 2 is 2.00 bits per heavy atom. The van der Waals surface area contributed by atoms with Gasteiger partial charge >= 0.3 is 0 Å². The molecule has 1 heterocycles. The van der Waals surface area contributed by atoms with E-state index in [0.717, 1.165) is 0 Å². The van der Waals surface area contributed by atoms with E-state index in [1.165, 1.54) is 32.6 Å². The number of pyridine rings is 1. The molecule has 1 amide bonds. The van der Waals surface area contributed by atoms with Crippen LogP contribution >= 0.6 is 0 Å². The molecule has 0 unspecified atom stereocenters. The minimum absolute atomic E-state index is 0.253. The largest absolute Gasteiger partial charge is 0.506 e. The van der Waals surface area contributed by atoms with Crippen LogP contribution in [0, 0.1) is 0 Å². The van der Waals surface area contributed by atoms with Crippen molar-refractivity contribution in [3.05, 3.63) is 34.1 Å². The fourth-order valence-corrected chi connectivity index (χ4v) is 2.30. The van der Waals surface area contributed by atoms with Crippen molar-refractivity contribution in [2.75, 3.05) is 7.11 Å². The summed E-state index contributed by atoms with van der Waals surface area (Å²) in [5.41, 5.74) is -0.692. The average molecular weight is 318 g/mol. The number of nitrogens with zero attached hydrogens (tertiary/aromatic N) is 1. The first-order valence-corrected chi connectivity index (χ1v) is 6.99. The van der Waals surface area contributed by atoms with Crippen LogP contribution in [0.2, 0.25) is 0 Å².